The average Bonchev–Trinajstić information content (AvgIpc) is 2.45. The summed E-state index contributed by atoms with van der Waals surface area (Å²) in [5, 5.41) is 9.22. The van der Waals surface area contributed by atoms with Crippen molar-refractivity contribution in [3.63, 3.8) is 0 Å². The van der Waals surface area contributed by atoms with E-state index in [4.69, 9.17) is 9.78 Å². The molecule has 0 aromatic rings. The quantitative estimate of drug-likeness (QED) is 0.405. The van der Waals surface area contributed by atoms with Crippen LogP contribution in [-0.2, 0) is 9.78 Å². The van der Waals surface area contributed by atoms with Crippen molar-refractivity contribution in [2.45, 2.75) is 102 Å². The fourth-order valence-electron chi connectivity index (χ4n) is 2.89. The number of nitrogens with zero attached hydrogens (tertiary/aromatic N) is 2. The maximum Gasteiger partial charge on any atom is 0.212 e. The van der Waals surface area contributed by atoms with Gasteiger partial charge in [-0.1, -0.05) is 25.7 Å². The summed E-state index contributed by atoms with van der Waals surface area (Å²) in [7, 11) is 0. The van der Waals surface area contributed by atoms with Gasteiger partial charge in [0.2, 0.25) is 5.72 Å². The molecule has 4 nitrogen and oxygen atoms in total. The van der Waals surface area contributed by atoms with Crippen LogP contribution in [0.5, 0.6) is 0 Å². The maximum absolute atomic E-state index is 5.77. The Kier molecular flexibility index (Phi) is 5.56. The molecule has 2 aliphatic carbocycles. The number of hydrogen-bond acceptors (Lipinski definition) is 4. The van der Waals surface area contributed by atoms with Crippen LogP contribution in [0, 0.1) is 0 Å². The molecule has 2 saturated carbocycles. The summed E-state index contributed by atoms with van der Waals surface area (Å²) >= 11 is 0. The van der Waals surface area contributed by atoms with E-state index in [-0.39, 0.29) is 5.60 Å². The molecule has 0 aromatic carbocycles. The van der Waals surface area contributed by atoms with Crippen molar-refractivity contribution in [3.8, 4) is 0 Å². The van der Waals surface area contributed by atoms with Gasteiger partial charge in [0.1, 0.15) is 0 Å². The Balaban J connectivity index is 1.96. The molecule has 0 atom stereocenters. The Hall–Kier alpha value is -0.480. The zero-order valence-electron chi connectivity index (χ0n) is 13.4. The summed E-state index contributed by atoms with van der Waals surface area (Å²) in [5.74, 6) is 0. The summed E-state index contributed by atoms with van der Waals surface area (Å²) in [6, 6.07) is 0.404. The van der Waals surface area contributed by atoms with Gasteiger partial charge < -0.3 is 0 Å². The highest BCUT2D eigenvalue weighted by Crippen LogP contribution is 2.35. The van der Waals surface area contributed by atoms with E-state index in [1.807, 2.05) is 20.8 Å². The summed E-state index contributed by atoms with van der Waals surface area (Å²) in [6.07, 6.45) is 11.7. The first-order chi connectivity index (χ1) is 9.49. The molecule has 116 valence electrons. The van der Waals surface area contributed by atoms with Crippen LogP contribution in [-0.4, -0.2) is 17.4 Å². The lowest BCUT2D eigenvalue weighted by atomic mass is 9.92. The first-order valence-electron chi connectivity index (χ1n) is 8.28. The summed E-state index contributed by atoms with van der Waals surface area (Å²) in [4.78, 5) is 11.3. The van der Waals surface area contributed by atoms with Gasteiger partial charge in [-0.15, -0.1) is 0 Å². The number of azo groups is 1. The Morgan fingerprint density at radius 1 is 0.900 bits per heavy atom. The molecular weight excluding hydrogens is 252 g/mol. The molecule has 0 unspecified atom stereocenters. The maximum atomic E-state index is 5.77. The Morgan fingerprint density at radius 2 is 1.50 bits per heavy atom. The summed E-state index contributed by atoms with van der Waals surface area (Å²) in [6.45, 7) is 6.01. The van der Waals surface area contributed by atoms with Gasteiger partial charge in [0.25, 0.3) is 0 Å². The molecule has 2 fully saturated rings. The molecule has 0 saturated heterocycles. The molecule has 0 aromatic heterocycles. The molecule has 2 aliphatic rings. The van der Waals surface area contributed by atoms with Crippen LogP contribution in [0.15, 0.2) is 10.2 Å². The van der Waals surface area contributed by atoms with Gasteiger partial charge in [-0.2, -0.15) is 10.2 Å². The zero-order chi connectivity index (χ0) is 14.5. The van der Waals surface area contributed by atoms with E-state index >= 15 is 0 Å². The lowest BCUT2D eigenvalue weighted by Crippen LogP contribution is -2.36. The van der Waals surface area contributed by atoms with Crippen molar-refractivity contribution in [1.82, 2.24) is 0 Å². The predicted octanol–water partition coefficient (Wildman–Crippen LogP) is 5.18. The van der Waals surface area contributed by atoms with E-state index in [9.17, 15) is 0 Å². The van der Waals surface area contributed by atoms with Crippen LogP contribution in [0.2, 0.25) is 0 Å². The second-order valence-electron chi connectivity index (χ2n) is 7.29. The van der Waals surface area contributed by atoms with Crippen LogP contribution >= 0.6 is 0 Å². The molecule has 4 heteroatoms. The zero-order valence-corrected chi connectivity index (χ0v) is 13.4. The van der Waals surface area contributed by atoms with Gasteiger partial charge in [-0.05, 0) is 46.5 Å². The van der Waals surface area contributed by atoms with Crippen molar-refractivity contribution in [3.05, 3.63) is 0 Å². The molecule has 2 rings (SSSR count). The van der Waals surface area contributed by atoms with E-state index in [0.717, 1.165) is 25.7 Å². The van der Waals surface area contributed by atoms with E-state index in [1.54, 1.807) is 0 Å². The van der Waals surface area contributed by atoms with Crippen molar-refractivity contribution in [2.75, 3.05) is 0 Å². The molecule has 0 heterocycles. The minimum absolute atomic E-state index is 0.301. The largest absolute Gasteiger partial charge is 0.228 e. The van der Waals surface area contributed by atoms with E-state index in [0.29, 0.717) is 6.04 Å². The second-order valence-corrected chi connectivity index (χ2v) is 7.29. The predicted molar refractivity (Wildman–Crippen MR) is 79.5 cm³/mol. The molecule has 0 aliphatic heterocycles. The van der Waals surface area contributed by atoms with E-state index in [2.05, 4.69) is 10.2 Å². The van der Waals surface area contributed by atoms with Gasteiger partial charge >= 0.3 is 0 Å². The van der Waals surface area contributed by atoms with Crippen molar-refractivity contribution in [2.24, 2.45) is 10.2 Å². The molecule has 0 radical (unpaired) electrons. The van der Waals surface area contributed by atoms with Gasteiger partial charge in [-0.25, -0.2) is 9.78 Å². The second kappa shape index (κ2) is 6.99. The van der Waals surface area contributed by atoms with Gasteiger partial charge in [-0.3, -0.25) is 0 Å². The number of hydrogen-bond donors (Lipinski definition) is 0. The van der Waals surface area contributed by atoms with Crippen molar-refractivity contribution < 1.29 is 9.78 Å². The molecule has 0 bridgehead atoms. The summed E-state index contributed by atoms with van der Waals surface area (Å²) in [5.41, 5.74) is -0.826. The lowest BCUT2D eigenvalue weighted by molar-refractivity contribution is -0.408. The molecule has 0 spiro atoms. The topological polar surface area (TPSA) is 43.2 Å². The van der Waals surface area contributed by atoms with Crippen molar-refractivity contribution in [1.29, 1.82) is 0 Å². The minimum atomic E-state index is -0.525. The molecule has 20 heavy (non-hydrogen) atoms. The third-order valence-electron chi connectivity index (χ3n) is 4.06. The van der Waals surface area contributed by atoms with Crippen LogP contribution in [0.3, 0.4) is 0 Å². The van der Waals surface area contributed by atoms with E-state index in [1.165, 1.54) is 38.5 Å². The van der Waals surface area contributed by atoms with Crippen LogP contribution in [0.4, 0.5) is 0 Å². The normalized spacial score (nSPS) is 25.1. The molecular formula is C16H30N2O2. The summed E-state index contributed by atoms with van der Waals surface area (Å²) < 4.78 is 0. The SMILES string of the molecule is CC(C)(C)OOC1(/N=N/C2CCCCC2)CCCCC1. The van der Waals surface area contributed by atoms with Crippen LogP contribution < -0.4 is 0 Å². The molecule has 0 amide bonds. The monoisotopic (exact) mass is 282 g/mol. The standard InChI is InChI=1S/C16H30N2O2/c1-15(2,3)19-20-16(12-8-5-9-13-16)18-17-14-10-6-4-7-11-14/h14H,4-13H2,1-3H3/b18-17+. The lowest BCUT2D eigenvalue weighted by Gasteiger charge is -2.33. The van der Waals surface area contributed by atoms with Gasteiger partial charge in [0, 0.05) is 12.8 Å². The first kappa shape index (κ1) is 15.9. The highest BCUT2D eigenvalue weighted by molar-refractivity contribution is 4.81. The van der Waals surface area contributed by atoms with Crippen molar-refractivity contribution >= 4 is 0 Å². The fourth-order valence-corrected chi connectivity index (χ4v) is 2.89. The van der Waals surface area contributed by atoms with E-state index < -0.39 is 5.72 Å². The number of rotatable bonds is 4. The van der Waals surface area contributed by atoms with Gasteiger partial charge in [0.05, 0.1) is 11.6 Å². The third-order valence-corrected chi connectivity index (χ3v) is 4.06. The average molecular weight is 282 g/mol. The fraction of sp³-hybridized carbons (Fsp3) is 1.00. The third kappa shape index (κ3) is 5.13. The highest BCUT2D eigenvalue weighted by Gasteiger charge is 2.36. The highest BCUT2D eigenvalue weighted by atomic mass is 17.2. The smallest absolute Gasteiger partial charge is 0.212 e. The first-order valence-corrected chi connectivity index (χ1v) is 8.28. The Labute approximate surface area is 123 Å². The Bertz CT molecular complexity index is 311. The molecule has 0 N–H and O–H groups in total. The Morgan fingerprint density at radius 3 is 2.10 bits per heavy atom. The van der Waals surface area contributed by atoms with Crippen LogP contribution in [0.1, 0.15) is 85.0 Å². The van der Waals surface area contributed by atoms with Crippen LogP contribution in [0.25, 0.3) is 0 Å². The minimum Gasteiger partial charge on any atom is -0.228 e. The van der Waals surface area contributed by atoms with Gasteiger partial charge in [0.15, 0.2) is 0 Å².